The minimum atomic E-state index is -0.638. The van der Waals surface area contributed by atoms with Crippen molar-refractivity contribution < 1.29 is 14.3 Å². The fourth-order valence-electron chi connectivity index (χ4n) is 2.52. The Hall–Kier alpha value is -2.54. The minimum absolute atomic E-state index is 0.216. The number of fused-ring (bicyclic) bond motifs is 1. The lowest BCUT2D eigenvalue weighted by Crippen LogP contribution is -2.38. The Labute approximate surface area is 160 Å². The molecule has 3 rings (SSSR count). The van der Waals surface area contributed by atoms with E-state index in [1.807, 2.05) is 49.4 Å². The van der Waals surface area contributed by atoms with Crippen molar-refractivity contribution in [3.8, 4) is 11.5 Å². The molecule has 2 N–H and O–H groups in total. The van der Waals surface area contributed by atoms with Gasteiger partial charge in [0.25, 0.3) is 5.91 Å². The molecule has 1 heterocycles. The van der Waals surface area contributed by atoms with Gasteiger partial charge < -0.3 is 19.8 Å². The van der Waals surface area contributed by atoms with Crippen LogP contribution < -0.4 is 14.8 Å². The van der Waals surface area contributed by atoms with Crippen LogP contribution in [0.4, 0.5) is 0 Å². The van der Waals surface area contributed by atoms with Gasteiger partial charge in [-0.15, -0.1) is 0 Å². The van der Waals surface area contributed by atoms with Gasteiger partial charge in [-0.1, -0.05) is 12.1 Å². The van der Waals surface area contributed by atoms with Crippen LogP contribution in [0, 0.1) is 0 Å². The Morgan fingerprint density at radius 1 is 1.23 bits per heavy atom. The standard InChI is InChI=1S/C19H20BrN3O3/c1-11(18-22-15-9-8-13(25-3)10-16(15)23-18)21-19(24)12(2)26-17-7-5-4-6-14(17)20/h4-12H,1-3H3,(H,21,24)(H,22,23)/t11-,12-/m1/s1. The molecule has 0 unspecified atom stereocenters. The van der Waals surface area contributed by atoms with Crippen molar-refractivity contribution in [2.24, 2.45) is 0 Å². The van der Waals surface area contributed by atoms with Crippen LogP contribution >= 0.6 is 15.9 Å². The fraction of sp³-hybridized carbons (Fsp3) is 0.263. The molecule has 0 spiro atoms. The van der Waals surface area contributed by atoms with E-state index in [9.17, 15) is 4.79 Å². The van der Waals surface area contributed by atoms with Gasteiger partial charge in [-0.2, -0.15) is 0 Å². The van der Waals surface area contributed by atoms with Crippen LogP contribution in [0.15, 0.2) is 46.9 Å². The number of aromatic amines is 1. The summed E-state index contributed by atoms with van der Waals surface area (Å²) in [5.41, 5.74) is 1.68. The van der Waals surface area contributed by atoms with E-state index in [1.165, 1.54) is 0 Å². The Balaban J connectivity index is 1.67. The summed E-state index contributed by atoms with van der Waals surface area (Å²) in [7, 11) is 1.62. The number of benzene rings is 2. The third-order valence-electron chi connectivity index (χ3n) is 3.99. The SMILES string of the molecule is COc1ccc2nc([C@@H](C)NC(=O)[C@@H](C)Oc3ccccc3Br)[nH]c2c1. The van der Waals surface area contributed by atoms with Gasteiger partial charge in [0.2, 0.25) is 0 Å². The summed E-state index contributed by atoms with van der Waals surface area (Å²) in [6.07, 6.45) is -0.638. The van der Waals surface area contributed by atoms with Gasteiger partial charge in [0, 0.05) is 6.07 Å². The van der Waals surface area contributed by atoms with Crippen LogP contribution in [0.2, 0.25) is 0 Å². The maximum absolute atomic E-state index is 12.4. The number of rotatable bonds is 6. The molecule has 136 valence electrons. The first-order chi connectivity index (χ1) is 12.5. The van der Waals surface area contributed by atoms with E-state index in [2.05, 4.69) is 31.2 Å². The highest BCUT2D eigenvalue weighted by Gasteiger charge is 2.20. The first-order valence-corrected chi connectivity index (χ1v) is 9.02. The number of halogens is 1. The molecule has 0 fully saturated rings. The van der Waals surface area contributed by atoms with Crippen molar-refractivity contribution in [1.29, 1.82) is 0 Å². The quantitative estimate of drug-likeness (QED) is 0.635. The number of H-pyrrole nitrogens is 1. The highest BCUT2D eigenvalue weighted by molar-refractivity contribution is 9.10. The van der Waals surface area contributed by atoms with Crippen molar-refractivity contribution in [1.82, 2.24) is 15.3 Å². The van der Waals surface area contributed by atoms with E-state index < -0.39 is 6.10 Å². The van der Waals surface area contributed by atoms with Crippen LogP contribution in [-0.4, -0.2) is 29.1 Å². The number of hydrogen-bond donors (Lipinski definition) is 2. The molecule has 0 radical (unpaired) electrons. The molecular formula is C19H20BrN3O3. The summed E-state index contributed by atoms with van der Waals surface area (Å²) >= 11 is 3.41. The third kappa shape index (κ3) is 3.99. The van der Waals surface area contributed by atoms with E-state index in [-0.39, 0.29) is 11.9 Å². The van der Waals surface area contributed by atoms with Crippen molar-refractivity contribution >= 4 is 32.9 Å². The molecule has 0 saturated carbocycles. The van der Waals surface area contributed by atoms with Crippen LogP contribution in [0.3, 0.4) is 0 Å². The largest absolute Gasteiger partial charge is 0.497 e. The number of carbonyl (C=O) groups excluding carboxylic acids is 1. The topological polar surface area (TPSA) is 76.2 Å². The second kappa shape index (κ2) is 7.78. The van der Waals surface area contributed by atoms with E-state index >= 15 is 0 Å². The van der Waals surface area contributed by atoms with Gasteiger partial charge in [-0.25, -0.2) is 4.98 Å². The number of para-hydroxylation sites is 1. The number of nitrogens with zero attached hydrogens (tertiary/aromatic N) is 1. The number of carbonyl (C=O) groups is 1. The van der Waals surface area contributed by atoms with Crippen molar-refractivity contribution in [3.05, 3.63) is 52.8 Å². The maximum Gasteiger partial charge on any atom is 0.261 e. The van der Waals surface area contributed by atoms with Crippen LogP contribution in [-0.2, 0) is 4.79 Å². The highest BCUT2D eigenvalue weighted by Crippen LogP contribution is 2.25. The Bertz CT molecular complexity index is 925. The molecule has 0 aliphatic carbocycles. The number of imidazole rings is 1. The van der Waals surface area contributed by atoms with Crippen molar-refractivity contribution in [2.45, 2.75) is 26.0 Å². The molecule has 1 amide bonds. The third-order valence-corrected chi connectivity index (χ3v) is 4.64. The minimum Gasteiger partial charge on any atom is -0.497 e. The maximum atomic E-state index is 12.4. The molecule has 0 aliphatic heterocycles. The van der Waals surface area contributed by atoms with Gasteiger partial charge in [-0.3, -0.25) is 4.79 Å². The smallest absolute Gasteiger partial charge is 0.261 e. The summed E-state index contributed by atoms with van der Waals surface area (Å²) in [6, 6.07) is 12.7. The average molecular weight is 418 g/mol. The molecule has 1 aromatic heterocycles. The zero-order chi connectivity index (χ0) is 18.7. The number of hydrogen-bond acceptors (Lipinski definition) is 4. The first-order valence-electron chi connectivity index (χ1n) is 8.23. The van der Waals surface area contributed by atoms with E-state index in [4.69, 9.17) is 9.47 Å². The number of aromatic nitrogens is 2. The Kier molecular flexibility index (Phi) is 5.46. The normalized spacial score (nSPS) is 13.2. The van der Waals surface area contributed by atoms with Crippen LogP contribution in [0.1, 0.15) is 25.7 Å². The predicted octanol–water partition coefficient (Wildman–Crippen LogP) is 3.98. The molecule has 2 aromatic carbocycles. The second-order valence-corrected chi connectivity index (χ2v) is 6.78. The molecule has 0 saturated heterocycles. The molecule has 3 aromatic rings. The fourth-order valence-corrected chi connectivity index (χ4v) is 2.90. The second-order valence-electron chi connectivity index (χ2n) is 5.93. The van der Waals surface area contributed by atoms with Gasteiger partial charge >= 0.3 is 0 Å². The van der Waals surface area contributed by atoms with Crippen LogP contribution in [0.25, 0.3) is 11.0 Å². The van der Waals surface area contributed by atoms with Crippen molar-refractivity contribution in [3.63, 3.8) is 0 Å². The summed E-state index contributed by atoms with van der Waals surface area (Å²) in [4.78, 5) is 20.2. The molecular weight excluding hydrogens is 398 g/mol. The summed E-state index contributed by atoms with van der Waals surface area (Å²) in [5.74, 6) is 1.83. The van der Waals surface area contributed by atoms with Gasteiger partial charge in [-0.05, 0) is 54.0 Å². The molecule has 0 aliphatic rings. The van der Waals surface area contributed by atoms with Crippen LogP contribution in [0.5, 0.6) is 11.5 Å². The lowest BCUT2D eigenvalue weighted by atomic mass is 10.2. The number of amides is 1. The zero-order valence-corrected chi connectivity index (χ0v) is 16.3. The highest BCUT2D eigenvalue weighted by atomic mass is 79.9. The summed E-state index contributed by atoms with van der Waals surface area (Å²) in [6.45, 7) is 3.59. The zero-order valence-electron chi connectivity index (χ0n) is 14.7. The molecule has 26 heavy (non-hydrogen) atoms. The van der Waals surface area contributed by atoms with Gasteiger partial charge in [0.1, 0.15) is 17.3 Å². The van der Waals surface area contributed by atoms with E-state index in [0.717, 1.165) is 21.3 Å². The summed E-state index contributed by atoms with van der Waals surface area (Å²) < 4.78 is 11.7. The predicted molar refractivity (Wildman–Crippen MR) is 103 cm³/mol. The lowest BCUT2D eigenvalue weighted by molar-refractivity contribution is -0.128. The number of nitrogens with one attached hydrogen (secondary N) is 2. The van der Waals surface area contributed by atoms with Gasteiger partial charge in [0.15, 0.2) is 6.10 Å². The lowest BCUT2D eigenvalue weighted by Gasteiger charge is -2.18. The first kappa shape index (κ1) is 18.3. The Morgan fingerprint density at radius 3 is 2.73 bits per heavy atom. The molecule has 6 nitrogen and oxygen atoms in total. The monoisotopic (exact) mass is 417 g/mol. The van der Waals surface area contributed by atoms with Gasteiger partial charge in [0.05, 0.1) is 28.7 Å². The molecule has 7 heteroatoms. The van der Waals surface area contributed by atoms with E-state index in [1.54, 1.807) is 14.0 Å². The summed E-state index contributed by atoms with van der Waals surface area (Å²) in [5, 5.41) is 2.92. The van der Waals surface area contributed by atoms with Crippen molar-refractivity contribution in [2.75, 3.05) is 7.11 Å². The number of methoxy groups -OCH3 is 1. The number of ether oxygens (including phenoxy) is 2. The molecule has 2 atom stereocenters. The van der Waals surface area contributed by atoms with E-state index in [0.29, 0.717) is 11.6 Å². The molecule has 0 bridgehead atoms. The Morgan fingerprint density at radius 2 is 2.00 bits per heavy atom. The average Bonchev–Trinajstić information content (AvgIpc) is 3.06.